The number of aliphatic hydroxyl groups is 2. The Hall–Kier alpha value is -0.900. The lowest BCUT2D eigenvalue weighted by Gasteiger charge is -2.15. The molecule has 1 aromatic rings. The molecule has 0 aromatic heterocycles. The first-order valence-corrected chi connectivity index (χ1v) is 6.84. The van der Waals surface area contributed by atoms with Crippen molar-refractivity contribution in [2.24, 2.45) is 0 Å². The molecule has 1 saturated heterocycles. The number of hydrogen-bond acceptors (Lipinski definition) is 3. The van der Waals surface area contributed by atoms with E-state index in [-0.39, 0.29) is 12.1 Å². The van der Waals surface area contributed by atoms with Gasteiger partial charge in [0.2, 0.25) is 0 Å². The van der Waals surface area contributed by atoms with Crippen LogP contribution in [0.25, 0.3) is 0 Å². The van der Waals surface area contributed by atoms with Crippen molar-refractivity contribution in [1.82, 2.24) is 5.32 Å². The molecule has 0 spiro atoms. The molecule has 4 atom stereocenters. The van der Waals surface area contributed by atoms with Crippen LogP contribution in [0, 0.1) is 0 Å². The number of aryl methyl sites for hydroxylation is 1. The highest BCUT2D eigenvalue weighted by Crippen LogP contribution is 2.19. The van der Waals surface area contributed by atoms with Gasteiger partial charge in [0.15, 0.2) is 0 Å². The predicted octanol–water partition coefficient (Wildman–Crippen LogP) is 1.48. The second kappa shape index (κ2) is 6.32. The number of benzene rings is 1. The monoisotopic (exact) mass is 249 g/mol. The normalized spacial score (nSPS) is 31.7. The zero-order valence-electron chi connectivity index (χ0n) is 10.9. The van der Waals surface area contributed by atoms with Gasteiger partial charge in [0.05, 0.1) is 12.2 Å². The Labute approximate surface area is 109 Å². The zero-order chi connectivity index (χ0) is 13.0. The van der Waals surface area contributed by atoms with Crippen LogP contribution in [0.2, 0.25) is 0 Å². The third-order valence-corrected chi connectivity index (χ3v) is 3.82. The Bertz CT molecular complexity index is 355. The maximum absolute atomic E-state index is 9.83. The SMILES string of the molecule is C[C@@H]1N[C@@H](CCCCc2ccccc2)[C@H](O)[C@@H]1O. The summed E-state index contributed by atoms with van der Waals surface area (Å²) in [6.07, 6.45) is 2.97. The van der Waals surface area contributed by atoms with Gasteiger partial charge in [-0.05, 0) is 31.7 Å². The Morgan fingerprint density at radius 2 is 1.78 bits per heavy atom. The number of rotatable bonds is 5. The lowest BCUT2D eigenvalue weighted by Crippen LogP contribution is -2.32. The molecule has 1 aliphatic rings. The zero-order valence-corrected chi connectivity index (χ0v) is 10.9. The molecular weight excluding hydrogens is 226 g/mol. The highest BCUT2D eigenvalue weighted by Gasteiger charge is 2.37. The second-order valence-corrected chi connectivity index (χ2v) is 5.27. The molecule has 1 aliphatic heterocycles. The van der Waals surface area contributed by atoms with Crippen LogP contribution in [0.1, 0.15) is 31.7 Å². The van der Waals surface area contributed by atoms with E-state index in [1.807, 2.05) is 13.0 Å². The van der Waals surface area contributed by atoms with Gasteiger partial charge in [-0.2, -0.15) is 0 Å². The summed E-state index contributed by atoms with van der Waals surface area (Å²) in [5.74, 6) is 0. The lowest BCUT2D eigenvalue weighted by atomic mass is 10.0. The quantitative estimate of drug-likeness (QED) is 0.693. The molecule has 3 nitrogen and oxygen atoms in total. The molecule has 1 fully saturated rings. The van der Waals surface area contributed by atoms with E-state index < -0.39 is 12.2 Å². The summed E-state index contributed by atoms with van der Waals surface area (Å²) in [5, 5.41) is 22.7. The molecule has 0 saturated carbocycles. The van der Waals surface area contributed by atoms with E-state index in [9.17, 15) is 10.2 Å². The highest BCUT2D eigenvalue weighted by molar-refractivity contribution is 5.14. The molecular formula is C15H23NO2. The first kappa shape index (κ1) is 13.5. The summed E-state index contributed by atoms with van der Waals surface area (Å²) in [7, 11) is 0. The lowest BCUT2D eigenvalue weighted by molar-refractivity contribution is 0.0289. The summed E-state index contributed by atoms with van der Waals surface area (Å²) in [6, 6.07) is 10.5. The summed E-state index contributed by atoms with van der Waals surface area (Å²) in [4.78, 5) is 0. The van der Waals surface area contributed by atoms with Crippen LogP contribution in [0.3, 0.4) is 0 Å². The summed E-state index contributed by atoms with van der Waals surface area (Å²) >= 11 is 0. The van der Waals surface area contributed by atoms with Crippen molar-refractivity contribution in [1.29, 1.82) is 0 Å². The van der Waals surface area contributed by atoms with Crippen molar-refractivity contribution in [3.63, 3.8) is 0 Å². The van der Waals surface area contributed by atoms with Crippen molar-refractivity contribution < 1.29 is 10.2 Å². The molecule has 0 aliphatic carbocycles. The third kappa shape index (κ3) is 3.31. The van der Waals surface area contributed by atoms with Gasteiger partial charge in [0.1, 0.15) is 0 Å². The van der Waals surface area contributed by atoms with Gasteiger partial charge in [0, 0.05) is 12.1 Å². The second-order valence-electron chi connectivity index (χ2n) is 5.27. The average Bonchev–Trinajstić information content (AvgIpc) is 2.64. The average molecular weight is 249 g/mol. The van der Waals surface area contributed by atoms with Crippen molar-refractivity contribution in [3.8, 4) is 0 Å². The van der Waals surface area contributed by atoms with Crippen LogP contribution in [0.4, 0.5) is 0 Å². The van der Waals surface area contributed by atoms with E-state index in [0.29, 0.717) is 0 Å². The minimum absolute atomic E-state index is 0.000812. The molecule has 0 unspecified atom stereocenters. The fourth-order valence-electron chi connectivity index (χ4n) is 2.66. The molecule has 0 radical (unpaired) electrons. The van der Waals surface area contributed by atoms with E-state index >= 15 is 0 Å². The van der Waals surface area contributed by atoms with Gasteiger partial charge < -0.3 is 15.5 Å². The largest absolute Gasteiger partial charge is 0.389 e. The fraction of sp³-hybridized carbons (Fsp3) is 0.600. The molecule has 3 heteroatoms. The van der Waals surface area contributed by atoms with Crippen molar-refractivity contribution >= 4 is 0 Å². The third-order valence-electron chi connectivity index (χ3n) is 3.82. The van der Waals surface area contributed by atoms with Crippen LogP contribution >= 0.6 is 0 Å². The van der Waals surface area contributed by atoms with Crippen LogP contribution in [0.15, 0.2) is 30.3 Å². The first-order chi connectivity index (χ1) is 8.68. The van der Waals surface area contributed by atoms with E-state index in [4.69, 9.17) is 0 Å². The van der Waals surface area contributed by atoms with Gasteiger partial charge in [-0.1, -0.05) is 36.8 Å². The number of hydrogen-bond donors (Lipinski definition) is 3. The molecule has 2 rings (SSSR count). The number of aliphatic hydroxyl groups excluding tert-OH is 2. The van der Waals surface area contributed by atoms with E-state index in [1.54, 1.807) is 0 Å². The van der Waals surface area contributed by atoms with Gasteiger partial charge >= 0.3 is 0 Å². The van der Waals surface area contributed by atoms with Crippen LogP contribution in [0.5, 0.6) is 0 Å². The van der Waals surface area contributed by atoms with E-state index in [0.717, 1.165) is 25.7 Å². The molecule has 1 aromatic carbocycles. The Morgan fingerprint density at radius 1 is 1.06 bits per heavy atom. The highest BCUT2D eigenvalue weighted by atomic mass is 16.3. The minimum atomic E-state index is -0.621. The molecule has 0 amide bonds. The van der Waals surface area contributed by atoms with Gasteiger partial charge in [-0.3, -0.25) is 0 Å². The van der Waals surface area contributed by atoms with E-state index in [1.165, 1.54) is 5.56 Å². The van der Waals surface area contributed by atoms with Crippen molar-refractivity contribution in [2.75, 3.05) is 0 Å². The molecule has 100 valence electrons. The Morgan fingerprint density at radius 3 is 2.39 bits per heavy atom. The fourth-order valence-corrected chi connectivity index (χ4v) is 2.66. The maximum atomic E-state index is 9.83. The maximum Gasteiger partial charge on any atom is 0.0966 e. The van der Waals surface area contributed by atoms with Crippen molar-refractivity contribution in [3.05, 3.63) is 35.9 Å². The number of nitrogens with one attached hydrogen (secondary N) is 1. The molecule has 18 heavy (non-hydrogen) atoms. The predicted molar refractivity (Wildman–Crippen MR) is 72.4 cm³/mol. The first-order valence-electron chi connectivity index (χ1n) is 6.84. The van der Waals surface area contributed by atoms with Crippen LogP contribution in [-0.4, -0.2) is 34.5 Å². The summed E-state index contributed by atoms with van der Waals surface area (Å²) in [5.41, 5.74) is 1.37. The standard InChI is InChI=1S/C15H23NO2/c1-11-14(17)15(18)13(16-11)10-6-5-9-12-7-3-2-4-8-12/h2-4,7-8,11,13-18H,5-6,9-10H2,1H3/t11-,13-,14+,15-/m0/s1. The molecule has 1 heterocycles. The van der Waals surface area contributed by atoms with Crippen LogP contribution < -0.4 is 5.32 Å². The van der Waals surface area contributed by atoms with Crippen LogP contribution in [-0.2, 0) is 6.42 Å². The summed E-state index contributed by atoms with van der Waals surface area (Å²) in [6.45, 7) is 1.91. The smallest absolute Gasteiger partial charge is 0.0966 e. The van der Waals surface area contributed by atoms with E-state index in [2.05, 4.69) is 29.6 Å². The minimum Gasteiger partial charge on any atom is -0.389 e. The Kier molecular flexibility index (Phi) is 4.75. The number of unbranched alkanes of at least 4 members (excludes halogenated alkanes) is 1. The molecule has 3 N–H and O–H groups in total. The summed E-state index contributed by atoms with van der Waals surface area (Å²) < 4.78 is 0. The van der Waals surface area contributed by atoms with Crippen molar-refractivity contribution in [2.45, 2.75) is 56.9 Å². The van der Waals surface area contributed by atoms with Gasteiger partial charge in [-0.15, -0.1) is 0 Å². The Balaban J connectivity index is 1.67. The topological polar surface area (TPSA) is 52.5 Å². The van der Waals surface area contributed by atoms with Gasteiger partial charge in [0.25, 0.3) is 0 Å². The van der Waals surface area contributed by atoms with Gasteiger partial charge in [-0.25, -0.2) is 0 Å². The molecule has 0 bridgehead atoms.